The van der Waals surface area contributed by atoms with Crippen molar-refractivity contribution in [3.05, 3.63) is 59.2 Å². The van der Waals surface area contributed by atoms with Gasteiger partial charge in [-0.2, -0.15) is 0 Å². The van der Waals surface area contributed by atoms with Crippen LogP contribution < -0.4 is 10.6 Å². The average molecular weight is 385 g/mol. The molecule has 1 aliphatic carbocycles. The summed E-state index contributed by atoms with van der Waals surface area (Å²) in [6.07, 6.45) is 9.87. The minimum absolute atomic E-state index is 0.0748. The molecule has 0 atom stereocenters. The van der Waals surface area contributed by atoms with Crippen molar-refractivity contribution in [2.75, 3.05) is 17.7 Å². The number of rotatable bonds is 6. The molecule has 0 unspecified atom stereocenters. The second-order valence-corrected chi connectivity index (χ2v) is 7.39. The Morgan fingerprint density at radius 3 is 2.85 bits per heavy atom. The average Bonchev–Trinajstić information content (AvgIpc) is 3.14. The predicted molar refractivity (Wildman–Crippen MR) is 112 cm³/mol. The van der Waals surface area contributed by atoms with E-state index < -0.39 is 0 Å². The number of hydrogen-bond donors (Lipinski definition) is 2. The van der Waals surface area contributed by atoms with Gasteiger partial charge in [0.1, 0.15) is 0 Å². The standard InChI is InChI=1S/C21H25ClN4O/c1-14(2)19-12-26(13-24-19)20-9-8-16(11-18(20)23-3)25-21(27)10-15-6-4-5-7-17(15)22/h4,6,8-9,11-14,23H,5,7,10H2,1-3H3,(H,25,27). The number of benzene rings is 1. The van der Waals surface area contributed by atoms with Gasteiger partial charge in [-0.3, -0.25) is 4.79 Å². The monoisotopic (exact) mass is 384 g/mol. The number of anilines is 2. The number of carbonyl (C=O) groups is 1. The molecule has 142 valence electrons. The first-order valence-electron chi connectivity index (χ1n) is 9.18. The van der Waals surface area contributed by atoms with Crippen LogP contribution in [0, 0.1) is 0 Å². The number of amides is 1. The molecule has 3 rings (SSSR count). The summed E-state index contributed by atoms with van der Waals surface area (Å²) in [7, 11) is 1.86. The van der Waals surface area contributed by atoms with Gasteiger partial charge >= 0.3 is 0 Å². The van der Waals surface area contributed by atoms with E-state index in [0.717, 1.165) is 46.2 Å². The highest BCUT2D eigenvalue weighted by Crippen LogP contribution is 2.27. The zero-order valence-corrected chi connectivity index (χ0v) is 16.7. The van der Waals surface area contributed by atoms with Crippen molar-refractivity contribution >= 4 is 28.9 Å². The Labute approximate surface area is 165 Å². The van der Waals surface area contributed by atoms with Crippen molar-refractivity contribution in [1.82, 2.24) is 9.55 Å². The molecule has 0 saturated carbocycles. The predicted octanol–water partition coefficient (Wildman–Crippen LogP) is 5.21. The van der Waals surface area contributed by atoms with E-state index in [0.29, 0.717) is 5.92 Å². The minimum atomic E-state index is -0.0748. The maximum absolute atomic E-state index is 12.4. The van der Waals surface area contributed by atoms with Gasteiger partial charge in [0, 0.05) is 24.0 Å². The first-order valence-corrected chi connectivity index (χ1v) is 9.55. The van der Waals surface area contributed by atoms with E-state index in [1.54, 1.807) is 0 Å². The Balaban J connectivity index is 1.75. The van der Waals surface area contributed by atoms with Crippen LogP contribution in [0.2, 0.25) is 0 Å². The Morgan fingerprint density at radius 1 is 1.37 bits per heavy atom. The third kappa shape index (κ3) is 4.61. The fraction of sp³-hybridized carbons (Fsp3) is 0.333. The van der Waals surface area contributed by atoms with Gasteiger partial charge in [-0.1, -0.05) is 37.6 Å². The molecular formula is C21H25ClN4O. The van der Waals surface area contributed by atoms with Crippen LogP contribution in [-0.2, 0) is 4.79 Å². The van der Waals surface area contributed by atoms with Crippen molar-refractivity contribution < 1.29 is 4.79 Å². The molecule has 5 nitrogen and oxygen atoms in total. The molecule has 0 aliphatic heterocycles. The molecule has 0 saturated heterocycles. The highest BCUT2D eigenvalue weighted by Gasteiger charge is 2.13. The number of nitrogens with one attached hydrogen (secondary N) is 2. The summed E-state index contributed by atoms with van der Waals surface area (Å²) in [4.78, 5) is 16.8. The van der Waals surface area contributed by atoms with Gasteiger partial charge in [0.15, 0.2) is 0 Å². The highest BCUT2D eigenvalue weighted by atomic mass is 35.5. The molecule has 1 heterocycles. The van der Waals surface area contributed by atoms with Crippen LogP contribution in [0.3, 0.4) is 0 Å². The first-order chi connectivity index (χ1) is 13.0. The van der Waals surface area contributed by atoms with Crippen molar-refractivity contribution in [3.8, 4) is 5.69 Å². The Hall–Kier alpha value is -2.53. The van der Waals surface area contributed by atoms with Gasteiger partial charge in [-0.05, 0) is 42.5 Å². The van der Waals surface area contributed by atoms with E-state index in [9.17, 15) is 4.79 Å². The smallest absolute Gasteiger partial charge is 0.228 e. The third-order valence-corrected chi connectivity index (χ3v) is 5.00. The summed E-state index contributed by atoms with van der Waals surface area (Å²) < 4.78 is 1.99. The second kappa shape index (κ2) is 8.44. The van der Waals surface area contributed by atoms with Gasteiger partial charge in [-0.25, -0.2) is 4.98 Å². The van der Waals surface area contributed by atoms with Gasteiger partial charge < -0.3 is 15.2 Å². The van der Waals surface area contributed by atoms with Gasteiger partial charge in [-0.15, -0.1) is 0 Å². The van der Waals surface area contributed by atoms with E-state index in [2.05, 4.69) is 35.5 Å². The number of nitrogens with zero attached hydrogens (tertiary/aromatic N) is 2. The summed E-state index contributed by atoms with van der Waals surface area (Å²) >= 11 is 6.22. The lowest BCUT2D eigenvalue weighted by atomic mass is 10.0. The molecule has 1 amide bonds. The topological polar surface area (TPSA) is 58.9 Å². The van der Waals surface area contributed by atoms with Crippen LogP contribution >= 0.6 is 11.6 Å². The van der Waals surface area contributed by atoms with Crippen molar-refractivity contribution in [2.24, 2.45) is 0 Å². The van der Waals surface area contributed by atoms with Crippen LogP contribution in [0.4, 0.5) is 11.4 Å². The lowest BCUT2D eigenvalue weighted by Gasteiger charge is -2.14. The zero-order chi connectivity index (χ0) is 19.4. The molecule has 27 heavy (non-hydrogen) atoms. The molecule has 2 aromatic rings. The SMILES string of the molecule is CNc1cc(NC(=O)CC2=C(Cl)CCC=C2)ccc1-n1cnc(C(C)C)c1. The summed E-state index contributed by atoms with van der Waals surface area (Å²) in [6.45, 7) is 4.24. The van der Waals surface area contributed by atoms with Crippen LogP contribution in [0.15, 0.2) is 53.5 Å². The van der Waals surface area contributed by atoms with Crippen molar-refractivity contribution in [2.45, 2.75) is 39.0 Å². The van der Waals surface area contributed by atoms with Crippen LogP contribution in [0.5, 0.6) is 0 Å². The Morgan fingerprint density at radius 2 is 2.19 bits per heavy atom. The van der Waals surface area contributed by atoms with E-state index in [1.807, 2.05) is 48.4 Å². The van der Waals surface area contributed by atoms with Crippen LogP contribution in [0.1, 0.15) is 44.7 Å². The maximum atomic E-state index is 12.4. The molecule has 0 radical (unpaired) electrons. The zero-order valence-electron chi connectivity index (χ0n) is 15.9. The highest BCUT2D eigenvalue weighted by molar-refractivity contribution is 6.30. The molecule has 6 heteroatoms. The molecule has 0 bridgehead atoms. The lowest BCUT2D eigenvalue weighted by molar-refractivity contribution is -0.115. The Kier molecular flexibility index (Phi) is 6.01. The van der Waals surface area contributed by atoms with E-state index >= 15 is 0 Å². The largest absolute Gasteiger partial charge is 0.386 e. The molecule has 0 spiro atoms. The van der Waals surface area contributed by atoms with Crippen molar-refractivity contribution in [1.29, 1.82) is 0 Å². The fourth-order valence-electron chi connectivity index (χ4n) is 3.03. The van der Waals surface area contributed by atoms with E-state index in [-0.39, 0.29) is 12.3 Å². The number of hydrogen-bond acceptors (Lipinski definition) is 3. The number of aromatic nitrogens is 2. The van der Waals surface area contributed by atoms with Crippen LogP contribution in [-0.4, -0.2) is 22.5 Å². The maximum Gasteiger partial charge on any atom is 0.228 e. The minimum Gasteiger partial charge on any atom is -0.386 e. The summed E-state index contributed by atoms with van der Waals surface area (Å²) in [5.41, 5.74) is 4.57. The van der Waals surface area contributed by atoms with E-state index in [4.69, 9.17) is 11.6 Å². The molecule has 1 aromatic heterocycles. The van der Waals surface area contributed by atoms with Gasteiger partial charge in [0.25, 0.3) is 0 Å². The molecule has 2 N–H and O–H groups in total. The number of halogens is 1. The number of carbonyl (C=O) groups excluding carboxylic acids is 1. The molecule has 1 aromatic carbocycles. The lowest BCUT2D eigenvalue weighted by Crippen LogP contribution is -2.13. The number of imidazole rings is 1. The third-order valence-electron chi connectivity index (χ3n) is 4.57. The van der Waals surface area contributed by atoms with Gasteiger partial charge in [0.2, 0.25) is 5.91 Å². The molecule has 1 aliphatic rings. The van der Waals surface area contributed by atoms with Gasteiger partial charge in [0.05, 0.1) is 29.8 Å². The second-order valence-electron chi connectivity index (χ2n) is 6.94. The summed E-state index contributed by atoms with van der Waals surface area (Å²) in [5, 5.41) is 6.93. The molecular weight excluding hydrogens is 360 g/mol. The summed E-state index contributed by atoms with van der Waals surface area (Å²) in [5.74, 6) is 0.298. The Bertz CT molecular complexity index is 895. The van der Waals surface area contributed by atoms with Crippen LogP contribution in [0.25, 0.3) is 5.69 Å². The fourth-order valence-corrected chi connectivity index (χ4v) is 3.27. The first kappa shape index (κ1) is 19.2. The van der Waals surface area contributed by atoms with E-state index in [1.165, 1.54) is 0 Å². The molecule has 0 fully saturated rings. The number of allylic oxidation sites excluding steroid dienone is 3. The normalized spacial score (nSPS) is 14.0. The summed E-state index contributed by atoms with van der Waals surface area (Å²) in [6, 6.07) is 5.80. The van der Waals surface area contributed by atoms with Crippen molar-refractivity contribution in [3.63, 3.8) is 0 Å². The quantitative estimate of drug-likeness (QED) is 0.718.